The predicted molar refractivity (Wildman–Crippen MR) is 76.2 cm³/mol. The number of fused-ring (bicyclic) bond motifs is 1. The molecule has 0 fully saturated rings. The van der Waals surface area contributed by atoms with Gasteiger partial charge in [0.05, 0.1) is 0 Å². The summed E-state index contributed by atoms with van der Waals surface area (Å²) in [7, 11) is 0. The number of carboxylic acids is 1. The third-order valence-corrected chi connectivity index (χ3v) is 3.04. The van der Waals surface area contributed by atoms with Crippen molar-refractivity contribution in [2.24, 2.45) is 5.92 Å². The van der Waals surface area contributed by atoms with Gasteiger partial charge in [-0.25, -0.2) is 14.2 Å². The zero-order valence-corrected chi connectivity index (χ0v) is 11.4. The second kappa shape index (κ2) is 5.86. The molecule has 0 aliphatic heterocycles. The zero-order valence-electron chi connectivity index (χ0n) is 11.4. The van der Waals surface area contributed by atoms with Crippen LogP contribution < -0.4 is 5.32 Å². The average Bonchev–Trinajstić information content (AvgIpc) is 2.38. The Hall–Kier alpha value is -2.17. The smallest absolute Gasteiger partial charge is 0.326 e. The third kappa shape index (κ3) is 3.23. The molecule has 0 amide bonds. The van der Waals surface area contributed by atoms with Crippen LogP contribution in [0.4, 0.5) is 10.2 Å². The van der Waals surface area contributed by atoms with E-state index in [0.717, 1.165) is 5.39 Å². The topological polar surface area (TPSA) is 62.2 Å². The van der Waals surface area contributed by atoms with Gasteiger partial charge in [-0.15, -0.1) is 0 Å². The molecule has 1 aromatic heterocycles. The van der Waals surface area contributed by atoms with E-state index in [1.54, 1.807) is 18.3 Å². The average molecular weight is 276 g/mol. The van der Waals surface area contributed by atoms with Gasteiger partial charge in [-0.2, -0.15) is 0 Å². The molecule has 0 spiro atoms. The Balaban J connectivity index is 2.36. The number of nitrogens with zero attached hydrogens (tertiary/aromatic N) is 1. The molecule has 2 rings (SSSR count). The van der Waals surface area contributed by atoms with E-state index in [2.05, 4.69) is 10.3 Å². The van der Waals surface area contributed by atoms with Crippen molar-refractivity contribution in [1.82, 2.24) is 4.98 Å². The second-order valence-corrected chi connectivity index (χ2v) is 5.19. The molecule has 0 radical (unpaired) electrons. The molecule has 0 bridgehead atoms. The van der Waals surface area contributed by atoms with Crippen molar-refractivity contribution >= 4 is 22.6 Å². The van der Waals surface area contributed by atoms with Crippen molar-refractivity contribution in [3.63, 3.8) is 0 Å². The summed E-state index contributed by atoms with van der Waals surface area (Å²) < 4.78 is 13.4. The van der Waals surface area contributed by atoms with Gasteiger partial charge < -0.3 is 10.4 Å². The largest absolute Gasteiger partial charge is 0.480 e. The molecule has 0 aliphatic carbocycles. The fourth-order valence-electron chi connectivity index (χ4n) is 2.11. The van der Waals surface area contributed by atoms with Gasteiger partial charge in [-0.1, -0.05) is 19.9 Å². The minimum Gasteiger partial charge on any atom is -0.480 e. The van der Waals surface area contributed by atoms with Crippen molar-refractivity contribution in [2.45, 2.75) is 26.3 Å². The van der Waals surface area contributed by atoms with Gasteiger partial charge in [-0.05, 0) is 35.9 Å². The highest BCUT2D eigenvalue weighted by atomic mass is 19.1. The Morgan fingerprint density at radius 3 is 2.80 bits per heavy atom. The maximum Gasteiger partial charge on any atom is 0.326 e. The summed E-state index contributed by atoms with van der Waals surface area (Å²) in [6, 6.07) is 5.40. The number of rotatable bonds is 5. The summed E-state index contributed by atoms with van der Waals surface area (Å²) in [5.74, 6) is -0.677. The number of halogens is 1. The number of hydrogen-bond donors (Lipinski definition) is 2. The first-order chi connectivity index (χ1) is 9.47. The lowest BCUT2D eigenvalue weighted by molar-refractivity contribution is -0.138. The monoisotopic (exact) mass is 276 g/mol. The van der Waals surface area contributed by atoms with E-state index < -0.39 is 12.0 Å². The van der Waals surface area contributed by atoms with E-state index in [1.807, 2.05) is 13.8 Å². The molecule has 1 atom stereocenters. The summed E-state index contributed by atoms with van der Waals surface area (Å²) in [6.07, 6.45) is 2.06. The second-order valence-electron chi connectivity index (χ2n) is 5.19. The number of benzene rings is 1. The molecule has 4 nitrogen and oxygen atoms in total. The molecule has 2 aromatic rings. The van der Waals surface area contributed by atoms with Crippen LogP contribution in [0.1, 0.15) is 20.3 Å². The number of aliphatic carboxylic acids is 1. The van der Waals surface area contributed by atoms with E-state index in [4.69, 9.17) is 0 Å². The summed E-state index contributed by atoms with van der Waals surface area (Å²) in [5, 5.41) is 13.6. The number of nitrogens with one attached hydrogen (secondary N) is 1. The van der Waals surface area contributed by atoms with Crippen LogP contribution in [0.15, 0.2) is 30.5 Å². The van der Waals surface area contributed by atoms with Gasteiger partial charge in [0, 0.05) is 11.6 Å². The zero-order chi connectivity index (χ0) is 14.7. The summed E-state index contributed by atoms with van der Waals surface area (Å²) in [6.45, 7) is 3.90. The minimum atomic E-state index is -0.936. The Morgan fingerprint density at radius 1 is 1.40 bits per heavy atom. The number of anilines is 1. The molecule has 2 N–H and O–H groups in total. The molecule has 0 saturated carbocycles. The van der Waals surface area contributed by atoms with E-state index in [9.17, 15) is 14.3 Å². The fraction of sp³-hybridized carbons (Fsp3) is 0.333. The van der Waals surface area contributed by atoms with E-state index >= 15 is 0 Å². The van der Waals surface area contributed by atoms with Gasteiger partial charge in [0.1, 0.15) is 17.7 Å². The number of hydrogen-bond acceptors (Lipinski definition) is 3. The Bertz CT molecular complexity index is 628. The number of carbonyl (C=O) groups is 1. The number of aromatic nitrogens is 1. The Morgan fingerprint density at radius 2 is 2.15 bits per heavy atom. The van der Waals surface area contributed by atoms with E-state index in [-0.39, 0.29) is 11.7 Å². The highest BCUT2D eigenvalue weighted by molar-refractivity contribution is 5.93. The van der Waals surface area contributed by atoms with Crippen molar-refractivity contribution in [1.29, 1.82) is 0 Å². The lowest BCUT2D eigenvalue weighted by atomic mass is 10.0. The highest BCUT2D eigenvalue weighted by Crippen LogP contribution is 2.23. The third-order valence-electron chi connectivity index (χ3n) is 3.04. The summed E-state index contributed by atoms with van der Waals surface area (Å²) in [5.41, 5.74) is 0. The number of carboxylic acid groups (broad SMARTS) is 1. The molecular formula is C15H17FN2O2. The van der Waals surface area contributed by atoms with Crippen LogP contribution in [0.2, 0.25) is 0 Å². The van der Waals surface area contributed by atoms with Crippen LogP contribution >= 0.6 is 0 Å². The van der Waals surface area contributed by atoms with Crippen molar-refractivity contribution in [2.75, 3.05) is 5.32 Å². The molecule has 106 valence electrons. The molecule has 0 aliphatic rings. The normalized spacial score (nSPS) is 12.6. The lowest BCUT2D eigenvalue weighted by Crippen LogP contribution is -2.31. The minimum absolute atomic E-state index is 0.232. The van der Waals surface area contributed by atoms with Gasteiger partial charge in [0.15, 0.2) is 0 Å². The molecule has 1 aromatic carbocycles. The van der Waals surface area contributed by atoms with Crippen molar-refractivity contribution in [3.8, 4) is 0 Å². The van der Waals surface area contributed by atoms with Crippen molar-refractivity contribution in [3.05, 3.63) is 36.3 Å². The van der Waals surface area contributed by atoms with Crippen LogP contribution in [-0.2, 0) is 4.79 Å². The fourth-order valence-corrected chi connectivity index (χ4v) is 2.11. The highest BCUT2D eigenvalue weighted by Gasteiger charge is 2.20. The van der Waals surface area contributed by atoms with Crippen LogP contribution in [0.25, 0.3) is 10.8 Å². The molecule has 0 unspecified atom stereocenters. The first kappa shape index (κ1) is 14.2. The SMILES string of the molecule is CC(C)C[C@H](Nc1nccc2ccc(F)cc12)C(=O)O. The van der Waals surface area contributed by atoms with E-state index in [0.29, 0.717) is 17.6 Å². The van der Waals surface area contributed by atoms with E-state index in [1.165, 1.54) is 12.1 Å². The summed E-state index contributed by atoms with van der Waals surface area (Å²) in [4.78, 5) is 15.4. The Labute approximate surface area is 116 Å². The van der Waals surface area contributed by atoms with Gasteiger partial charge in [0.25, 0.3) is 0 Å². The van der Waals surface area contributed by atoms with Crippen LogP contribution in [0.3, 0.4) is 0 Å². The predicted octanol–water partition coefficient (Wildman–Crippen LogP) is 3.29. The summed E-state index contributed by atoms with van der Waals surface area (Å²) >= 11 is 0. The number of pyridine rings is 1. The first-order valence-electron chi connectivity index (χ1n) is 6.51. The van der Waals surface area contributed by atoms with Crippen molar-refractivity contribution < 1.29 is 14.3 Å². The Kier molecular flexibility index (Phi) is 4.17. The van der Waals surface area contributed by atoms with Crippen LogP contribution in [0.5, 0.6) is 0 Å². The maximum atomic E-state index is 13.4. The molecule has 1 heterocycles. The van der Waals surface area contributed by atoms with Gasteiger partial charge in [-0.3, -0.25) is 0 Å². The maximum absolute atomic E-state index is 13.4. The van der Waals surface area contributed by atoms with Crippen LogP contribution in [0, 0.1) is 11.7 Å². The molecular weight excluding hydrogens is 259 g/mol. The first-order valence-corrected chi connectivity index (χ1v) is 6.51. The molecule has 5 heteroatoms. The van der Waals surface area contributed by atoms with Gasteiger partial charge in [0.2, 0.25) is 0 Å². The lowest BCUT2D eigenvalue weighted by Gasteiger charge is -2.18. The van der Waals surface area contributed by atoms with Crippen LogP contribution in [-0.4, -0.2) is 22.1 Å². The molecule has 20 heavy (non-hydrogen) atoms. The van der Waals surface area contributed by atoms with Gasteiger partial charge >= 0.3 is 5.97 Å². The standard InChI is InChI=1S/C15H17FN2O2/c1-9(2)7-13(15(19)20)18-14-12-8-11(16)4-3-10(12)5-6-17-14/h3-6,8-9,13H,7H2,1-2H3,(H,17,18)(H,19,20)/t13-/m0/s1. The quantitative estimate of drug-likeness (QED) is 0.879. The molecule has 0 saturated heterocycles.